The van der Waals surface area contributed by atoms with E-state index in [1.165, 1.54) is 24.8 Å². The summed E-state index contributed by atoms with van der Waals surface area (Å²) in [5.41, 5.74) is 1.19. The van der Waals surface area contributed by atoms with Crippen LogP contribution in [0.2, 0.25) is 0 Å². The molecule has 1 saturated carbocycles. The van der Waals surface area contributed by atoms with Gasteiger partial charge in [-0.15, -0.1) is 0 Å². The van der Waals surface area contributed by atoms with E-state index in [1.807, 2.05) is 18.2 Å². The van der Waals surface area contributed by atoms with Gasteiger partial charge in [0.15, 0.2) is 0 Å². The van der Waals surface area contributed by atoms with E-state index in [-0.39, 0.29) is 11.3 Å². The Morgan fingerprint density at radius 1 is 1.36 bits per heavy atom. The first-order valence-electron chi connectivity index (χ1n) is 8.21. The Labute approximate surface area is 132 Å². The molecule has 1 aliphatic carbocycles. The largest absolute Gasteiger partial charge is 0.497 e. The molecule has 1 aromatic carbocycles. The van der Waals surface area contributed by atoms with E-state index in [9.17, 15) is 9.90 Å². The lowest BCUT2D eigenvalue weighted by atomic mass is 9.68. The molecule has 1 saturated heterocycles. The molecule has 1 spiro atoms. The number of hydrogen-bond donors (Lipinski definition) is 1. The van der Waals surface area contributed by atoms with Gasteiger partial charge >= 0.3 is 5.97 Å². The van der Waals surface area contributed by atoms with Gasteiger partial charge in [0.05, 0.1) is 13.0 Å². The highest BCUT2D eigenvalue weighted by Crippen LogP contribution is 2.47. The molecule has 0 amide bonds. The van der Waals surface area contributed by atoms with Gasteiger partial charge in [0.2, 0.25) is 0 Å². The number of hydrogen-bond acceptors (Lipinski definition) is 3. The van der Waals surface area contributed by atoms with Crippen molar-refractivity contribution in [3.8, 4) is 5.75 Å². The van der Waals surface area contributed by atoms with Crippen molar-refractivity contribution in [2.24, 2.45) is 11.3 Å². The number of carboxylic acids is 1. The lowest BCUT2D eigenvalue weighted by molar-refractivity contribution is -0.145. The maximum Gasteiger partial charge on any atom is 0.308 e. The quantitative estimate of drug-likeness (QED) is 0.928. The summed E-state index contributed by atoms with van der Waals surface area (Å²) in [6, 6.07) is 8.07. The topological polar surface area (TPSA) is 49.8 Å². The molecule has 0 radical (unpaired) electrons. The smallest absolute Gasteiger partial charge is 0.308 e. The Kier molecular flexibility index (Phi) is 4.39. The second-order valence-electron chi connectivity index (χ2n) is 6.84. The van der Waals surface area contributed by atoms with Crippen LogP contribution >= 0.6 is 0 Å². The summed E-state index contributed by atoms with van der Waals surface area (Å²) < 4.78 is 5.28. The van der Waals surface area contributed by atoms with E-state index in [4.69, 9.17) is 4.74 Å². The lowest BCUT2D eigenvalue weighted by Gasteiger charge is -2.36. The Bertz CT molecular complexity index is 537. The van der Waals surface area contributed by atoms with Crippen molar-refractivity contribution in [1.29, 1.82) is 0 Å². The van der Waals surface area contributed by atoms with Gasteiger partial charge in [-0.05, 0) is 36.0 Å². The second kappa shape index (κ2) is 6.29. The van der Waals surface area contributed by atoms with Crippen molar-refractivity contribution in [2.45, 2.75) is 38.6 Å². The number of ether oxygens (including phenoxy) is 1. The number of carbonyl (C=O) groups is 1. The Hall–Kier alpha value is -1.55. The average Bonchev–Trinajstić information content (AvgIpc) is 2.86. The number of nitrogens with zero attached hydrogens (tertiary/aromatic N) is 1. The summed E-state index contributed by atoms with van der Waals surface area (Å²) in [4.78, 5) is 14.0. The Balaban J connectivity index is 1.74. The van der Waals surface area contributed by atoms with Crippen molar-refractivity contribution in [3.63, 3.8) is 0 Å². The van der Waals surface area contributed by atoms with Crippen LogP contribution in [0.4, 0.5) is 0 Å². The summed E-state index contributed by atoms with van der Waals surface area (Å²) in [6.45, 7) is 2.40. The van der Waals surface area contributed by atoms with Crippen molar-refractivity contribution < 1.29 is 14.6 Å². The van der Waals surface area contributed by atoms with Crippen LogP contribution in [0.5, 0.6) is 5.75 Å². The molecule has 1 atom stereocenters. The maximum atomic E-state index is 11.7. The number of methoxy groups -OCH3 is 1. The van der Waals surface area contributed by atoms with E-state index < -0.39 is 5.97 Å². The molecule has 1 aromatic rings. The van der Waals surface area contributed by atoms with Gasteiger partial charge in [-0.25, -0.2) is 0 Å². The molecule has 22 heavy (non-hydrogen) atoms. The number of rotatable bonds is 4. The molecule has 1 aliphatic heterocycles. The van der Waals surface area contributed by atoms with E-state index in [0.29, 0.717) is 6.54 Å². The van der Waals surface area contributed by atoms with Gasteiger partial charge in [-0.1, -0.05) is 31.4 Å². The monoisotopic (exact) mass is 303 g/mol. The number of likely N-dealkylation sites (tertiary alicyclic amines) is 1. The summed E-state index contributed by atoms with van der Waals surface area (Å²) in [5, 5.41) is 9.65. The molecule has 4 nitrogen and oxygen atoms in total. The predicted molar refractivity (Wildman–Crippen MR) is 84.9 cm³/mol. The number of aliphatic carboxylic acids is 1. The van der Waals surface area contributed by atoms with Gasteiger partial charge in [-0.2, -0.15) is 0 Å². The van der Waals surface area contributed by atoms with Crippen molar-refractivity contribution in [2.75, 3.05) is 20.2 Å². The molecule has 2 fully saturated rings. The van der Waals surface area contributed by atoms with Gasteiger partial charge in [0.1, 0.15) is 5.75 Å². The molecule has 1 N–H and O–H groups in total. The van der Waals surface area contributed by atoms with Crippen LogP contribution in [-0.2, 0) is 11.3 Å². The first kappa shape index (κ1) is 15.3. The van der Waals surface area contributed by atoms with Crippen LogP contribution in [0.25, 0.3) is 0 Å². The SMILES string of the molecule is COc1cccc(CN2CC(C(=O)O)C3(CCCCC3)C2)c1. The number of benzene rings is 1. The standard InChI is InChI=1S/C18H25NO3/c1-22-15-7-5-6-14(10-15)11-19-12-16(17(20)21)18(13-19)8-3-2-4-9-18/h5-7,10,16H,2-4,8-9,11-13H2,1H3,(H,20,21). The van der Waals surface area contributed by atoms with E-state index in [0.717, 1.165) is 31.7 Å². The third-order valence-electron chi connectivity index (χ3n) is 5.41. The molecule has 3 rings (SSSR count). The highest BCUT2D eigenvalue weighted by molar-refractivity contribution is 5.72. The van der Waals surface area contributed by atoms with Crippen LogP contribution < -0.4 is 4.74 Å². The molecule has 0 aromatic heterocycles. The van der Waals surface area contributed by atoms with Crippen LogP contribution in [0.1, 0.15) is 37.7 Å². The van der Waals surface area contributed by atoms with Crippen LogP contribution in [0.15, 0.2) is 24.3 Å². The van der Waals surface area contributed by atoms with Crippen LogP contribution in [0, 0.1) is 11.3 Å². The lowest BCUT2D eigenvalue weighted by Crippen LogP contribution is -2.36. The third-order valence-corrected chi connectivity index (χ3v) is 5.41. The molecule has 120 valence electrons. The molecule has 2 aliphatic rings. The highest BCUT2D eigenvalue weighted by atomic mass is 16.5. The minimum Gasteiger partial charge on any atom is -0.497 e. The zero-order valence-corrected chi connectivity index (χ0v) is 13.3. The van der Waals surface area contributed by atoms with Crippen LogP contribution in [-0.4, -0.2) is 36.2 Å². The van der Waals surface area contributed by atoms with Gasteiger partial charge < -0.3 is 9.84 Å². The van der Waals surface area contributed by atoms with Crippen molar-refractivity contribution in [1.82, 2.24) is 4.90 Å². The fraction of sp³-hybridized carbons (Fsp3) is 0.611. The zero-order chi connectivity index (χ0) is 15.6. The zero-order valence-electron chi connectivity index (χ0n) is 13.3. The molecule has 1 unspecified atom stereocenters. The van der Waals surface area contributed by atoms with Gasteiger partial charge in [-0.3, -0.25) is 9.69 Å². The fourth-order valence-corrected chi connectivity index (χ4v) is 4.32. The van der Waals surface area contributed by atoms with Crippen molar-refractivity contribution in [3.05, 3.63) is 29.8 Å². The second-order valence-corrected chi connectivity index (χ2v) is 6.84. The normalized spacial score (nSPS) is 24.5. The summed E-state index contributed by atoms with van der Waals surface area (Å²) in [7, 11) is 1.67. The van der Waals surface area contributed by atoms with Gasteiger partial charge in [0, 0.05) is 19.6 Å². The minimum atomic E-state index is -0.616. The first-order valence-corrected chi connectivity index (χ1v) is 8.21. The average molecular weight is 303 g/mol. The Morgan fingerprint density at radius 3 is 2.82 bits per heavy atom. The summed E-state index contributed by atoms with van der Waals surface area (Å²) >= 11 is 0. The fourth-order valence-electron chi connectivity index (χ4n) is 4.32. The Morgan fingerprint density at radius 2 is 2.14 bits per heavy atom. The molecule has 0 bridgehead atoms. The van der Waals surface area contributed by atoms with E-state index >= 15 is 0 Å². The van der Waals surface area contributed by atoms with Gasteiger partial charge in [0.25, 0.3) is 0 Å². The summed E-state index contributed by atoms with van der Waals surface area (Å²) in [5.74, 6) is 0.0345. The molecule has 4 heteroatoms. The van der Waals surface area contributed by atoms with E-state index in [1.54, 1.807) is 7.11 Å². The maximum absolute atomic E-state index is 11.7. The van der Waals surface area contributed by atoms with Crippen LogP contribution in [0.3, 0.4) is 0 Å². The molecular formula is C18H25NO3. The number of carboxylic acid groups (broad SMARTS) is 1. The summed E-state index contributed by atoms with van der Waals surface area (Å²) in [6.07, 6.45) is 5.74. The molecule has 1 heterocycles. The molecular weight excluding hydrogens is 278 g/mol. The minimum absolute atomic E-state index is 0.00293. The third kappa shape index (κ3) is 2.98. The predicted octanol–water partition coefficient (Wildman–Crippen LogP) is 3.16. The van der Waals surface area contributed by atoms with E-state index in [2.05, 4.69) is 11.0 Å². The first-order chi connectivity index (χ1) is 10.6. The highest BCUT2D eigenvalue weighted by Gasteiger charge is 2.50. The van der Waals surface area contributed by atoms with Crippen molar-refractivity contribution >= 4 is 5.97 Å².